The number of hydrogen-bond acceptors (Lipinski definition) is 5. The van der Waals surface area contributed by atoms with Crippen LogP contribution in [0.3, 0.4) is 0 Å². The molecule has 0 spiro atoms. The van der Waals surface area contributed by atoms with Crippen LogP contribution in [0.25, 0.3) is 0 Å². The summed E-state index contributed by atoms with van der Waals surface area (Å²) in [4.78, 5) is 2.58. The van der Waals surface area contributed by atoms with Crippen molar-refractivity contribution in [3.8, 4) is 0 Å². The van der Waals surface area contributed by atoms with Gasteiger partial charge in [0.05, 0.1) is 24.6 Å². The molecule has 3 atom stereocenters. The van der Waals surface area contributed by atoms with Gasteiger partial charge in [0, 0.05) is 32.2 Å². The van der Waals surface area contributed by atoms with Gasteiger partial charge in [-0.1, -0.05) is 0 Å². The maximum Gasteiger partial charge on any atom is 0.244 e. The van der Waals surface area contributed by atoms with Gasteiger partial charge in [-0.3, -0.25) is 9.58 Å². The van der Waals surface area contributed by atoms with Crippen LogP contribution >= 0.6 is 0 Å². The molecular weight excluding hydrogens is 292 g/mol. The lowest BCUT2D eigenvalue weighted by Gasteiger charge is -2.33. The Kier molecular flexibility index (Phi) is 3.81. The van der Waals surface area contributed by atoms with Crippen LogP contribution in [0, 0.1) is 6.92 Å². The minimum absolute atomic E-state index is 0.0616. The van der Waals surface area contributed by atoms with Gasteiger partial charge >= 0.3 is 0 Å². The van der Waals surface area contributed by atoms with Crippen LogP contribution in [0.2, 0.25) is 0 Å². The predicted molar refractivity (Wildman–Crippen MR) is 77.4 cm³/mol. The van der Waals surface area contributed by atoms with Crippen LogP contribution in [0.15, 0.2) is 11.1 Å². The molecule has 1 N–H and O–H groups in total. The first-order valence-corrected chi connectivity index (χ1v) is 8.71. The first-order chi connectivity index (χ1) is 9.87. The molecule has 0 amide bonds. The summed E-state index contributed by atoms with van der Waals surface area (Å²) in [5.41, 5.74) is 0.648. The van der Waals surface area contributed by atoms with E-state index in [-0.39, 0.29) is 17.0 Å². The van der Waals surface area contributed by atoms with E-state index >= 15 is 0 Å². The van der Waals surface area contributed by atoms with Gasteiger partial charge in [-0.05, 0) is 20.3 Å². The van der Waals surface area contributed by atoms with Crippen molar-refractivity contribution in [2.45, 2.75) is 43.4 Å². The lowest BCUT2D eigenvalue weighted by molar-refractivity contribution is -0.0390. The number of aromatic nitrogens is 2. The summed E-state index contributed by atoms with van der Waals surface area (Å²) in [6.45, 7) is 6.11. The summed E-state index contributed by atoms with van der Waals surface area (Å²) < 4.78 is 35.0. The van der Waals surface area contributed by atoms with E-state index in [1.54, 1.807) is 18.7 Å². The lowest BCUT2D eigenvalue weighted by Crippen LogP contribution is -2.45. The Hall–Kier alpha value is -0.960. The third kappa shape index (κ3) is 2.85. The third-order valence-electron chi connectivity index (χ3n) is 4.39. The lowest BCUT2D eigenvalue weighted by atomic mass is 10.2. The van der Waals surface area contributed by atoms with Crippen molar-refractivity contribution in [3.63, 3.8) is 0 Å². The number of aryl methyl sites for hydroxylation is 1. The number of ether oxygens (including phenoxy) is 1. The van der Waals surface area contributed by atoms with Gasteiger partial charge in [0.25, 0.3) is 0 Å². The molecule has 118 valence electrons. The first-order valence-electron chi connectivity index (χ1n) is 7.23. The van der Waals surface area contributed by atoms with Crippen LogP contribution in [-0.2, 0) is 21.8 Å². The number of morpholine rings is 1. The Balaban J connectivity index is 1.71. The maximum absolute atomic E-state index is 12.5. The van der Waals surface area contributed by atoms with Gasteiger partial charge in [0.1, 0.15) is 4.90 Å². The zero-order chi connectivity index (χ0) is 15.2. The van der Waals surface area contributed by atoms with Crippen molar-refractivity contribution in [1.82, 2.24) is 19.4 Å². The molecule has 3 heterocycles. The fourth-order valence-electron chi connectivity index (χ4n) is 3.15. The van der Waals surface area contributed by atoms with Crippen molar-refractivity contribution in [3.05, 3.63) is 11.9 Å². The van der Waals surface area contributed by atoms with Crippen molar-refractivity contribution < 1.29 is 13.2 Å². The minimum atomic E-state index is -3.51. The average Bonchev–Trinajstić information content (AvgIpc) is 2.93. The largest absolute Gasteiger partial charge is 0.376 e. The Morgan fingerprint density at radius 3 is 2.86 bits per heavy atom. The topological polar surface area (TPSA) is 76.5 Å². The fraction of sp³-hybridized carbons (Fsp3) is 0.769. The van der Waals surface area contributed by atoms with Gasteiger partial charge in [-0.15, -0.1) is 0 Å². The smallest absolute Gasteiger partial charge is 0.244 e. The number of sulfonamides is 1. The third-order valence-corrected chi connectivity index (χ3v) is 6.02. The SMILES string of the molecule is Cc1c(S(=O)(=O)N[C@@H]2C[C@H]3CO[C@@H](C)CN3C2)cnn1C. The standard InChI is InChI=1S/C13H22N4O3S/c1-9-6-17-7-11(4-12(17)8-20-9)15-21(18,19)13-5-14-16(3)10(13)2/h5,9,11-12,15H,4,6-8H2,1-3H3/t9-,11+,12-/m0/s1. The Bertz CT molecular complexity index is 627. The van der Waals surface area contributed by atoms with E-state index in [0.29, 0.717) is 18.3 Å². The summed E-state index contributed by atoms with van der Waals surface area (Å²) >= 11 is 0. The number of rotatable bonds is 3. The molecule has 0 saturated carbocycles. The van der Waals surface area contributed by atoms with E-state index in [4.69, 9.17) is 4.74 Å². The molecule has 2 fully saturated rings. The molecule has 0 aromatic carbocycles. The maximum atomic E-state index is 12.5. The normalized spacial score (nSPS) is 30.5. The highest BCUT2D eigenvalue weighted by Crippen LogP contribution is 2.24. The van der Waals surface area contributed by atoms with Crippen LogP contribution in [0.4, 0.5) is 0 Å². The number of fused-ring (bicyclic) bond motifs is 1. The predicted octanol–water partition coefficient (Wildman–Crippen LogP) is -0.132. The summed E-state index contributed by atoms with van der Waals surface area (Å²) in [5, 5.41) is 4.01. The molecule has 3 rings (SSSR count). The van der Waals surface area contributed by atoms with Crippen molar-refractivity contribution in [1.29, 1.82) is 0 Å². The van der Waals surface area contributed by atoms with E-state index < -0.39 is 10.0 Å². The Morgan fingerprint density at radius 2 is 2.19 bits per heavy atom. The second kappa shape index (κ2) is 5.35. The molecule has 1 aromatic heterocycles. The zero-order valence-electron chi connectivity index (χ0n) is 12.6. The van der Waals surface area contributed by atoms with E-state index in [0.717, 1.165) is 19.5 Å². The highest BCUT2D eigenvalue weighted by atomic mass is 32.2. The molecule has 7 nitrogen and oxygen atoms in total. The first kappa shape index (κ1) is 15.0. The van der Waals surface area contributed by atoms with E-state index in [1.807, 2.05) is 6.92 Å². The Labute approximate surface area is 125 Å². The Morgan fingerprint density at radius 1 is 1.43 bits per heavy atom. The van der Waals surface area contributed by atoms with Gasteiger partial charge < -0.3 is 4.74 Å². The number of nitrogens with one attached hydrogen (secondary N) is 1. The molecule has 1 aromatic rings. The molecule has 0 aliphatic carbocycles. The van der Waals surface area contributed by atoms with Crippen molar-refractivity contribution in [2.75, 3.05) is 19.7 Å². The van der Waals surface area contributed by atoms with Crippen LogP contribution in [0.5, 0.6) is 0 Å². The molecule has 2 aliphatic rings. The van der Waals surface area contributed by atoms with Crippen molar-refractivity contribution >= 4 is 10.0 Å². The molecule has 2 saturated heterocycles. The molecule has 0 radical (unpaired) electrons. The number of nitrogens with zero attached hydrogens (tertiary/aromatic N) is 3. The highest BCUT2D eigenvalue weighted by molar-refractivity contribution is 7.89. The van der Waals surface area contributed by atoms with Crippen LogP contribution in [-0.4, -0.2) is 61.0 Å². The monoisotopic (exact) mass is 314 g/mol. The van der Waals surface area contributed by atoms with E-state index in [1.165, 1.54) is 6.20 Å². The zero-order valence-corrected chi connectivity index (χ0v) is 13.4. The second-order valence-electron chi connectivity index (χ2n) is 6.02. The van der Waals surface area contributed by atoms with Gasteiger partial charge in [-0.2, -0.15) is 5.10 Å². The fourth-order valence-corrected chi connectivity index (χ4v) is 4.59. The van der Waals surface area contributed by atoms with Crippen LogP contribution < -0.4 is 4.72 Å². The van der Waals surface area contributed by atoms with Gasteiger partial charge in [0.15, 0.2) is 0 Å². The summed E-state index contributed by atoms with van der Waals surface area (Å²) in [6, 6.07) is 0.261. The van der Waals surface area contributed by atoms with Gasteiger partial charge in [0.2, 0.25) is 10.0 Å². The molecule has 2 aliphatic heterocycles. The molecule has 0 unspecified atom stereocenters. The number of hydrogen-bond donors (Lipinski definition) is 1. The van der Waals surface area contributed by atoms with E-state index in [2.05, 4.69) is 14.7 Å². The summed E-state index contributed by atoms with van der Waals surface area (Å²) in [6.07, 6.45) is 2.42. The molecule has 0 bridgehead atoms. The molecular formula is C13H22N4O3S. The average molecular weight is 314 g/mol. The second-order valence-corrected chi connectivity index (χ2v) is 7.71. The molecule has 8 heteroatoms. The summed E-state index contributed by atoms with van der Waals surface area (Å²) in [5.74, 6) is 0. The summed E-state index contributed by atoms with van der Waals surface area (Å²) in [7, 11) is -1.77. The van der Waals surface area contributed by atoms with Crippen LogP contribution in [0.1, 0.15) is 19.0 Å². The highest BCUT2D eigenvalue weighted by Gasteiger charge is 2.38. The minimum Gasteiger partial charge on any atom is -0.376 e. The van der Waals surface area contributed by atoms with E-state index in [9.17, 15) is 8.42 Å². The quantitative estimate of drug-likeness (QED) is 0.841. The van der Waals surface area contributed by atoms with Crippen molar-refractivity contribution in [2.24, 2.45) is 7.05 Å². The molecule has 21 heavy (non-hydrogen) atoms. The van der Waals surface area contributed by atoms with Gasteiger partial charge in [-0.25, -0.2) is 13.1 Å².